The first-order valence-corrected chi connectivity index (χ1v) is 8.01. The number of anilines is 1. The number of carbonyl (C=O) groups is 2. The lowest BCUT2D eigenvalue weighted by Gasteiger charge is -2.07. The van der Waals surface area contributed by atoms with Crippen molar-refractivity contribution in [1.82, 2.24) is 0 Å². The smallest absolute Gasteiger partial charge is 0.228 e. The molecule has 0 saturated carbocycles. The Morgan fingerprint density at radius 1 is 1.08 bits per heavy atom. The lowest BCUT2D eigenvalue weighted by molar-refractivity contribution is -0.118. The molecular formula is C20H19NO4. The minimum absolute atomic E-state index is 0.0662. The minimum Gasteiger partial charge on any atom is -0.496 e. The van der Waals surface area contributed by atoms with Crippen molar-refractivity contribution < 1.29 is 18.7 Å². The van der Waals surface area contributed by atoms with Gasteiger partial charge in [0.05, 0.1) is 12.5 Å². The molecular weight excluding hydrogens is 318 g/mol. The van der Waals surface area contributed by atoms with Gasteiger partial charge in [0.1, 0.15) is 11.3 Å². The lowest BCUT2D eigenvalue weighted by Crippen LogP contribution is -2.17. The molecule has 1 heterocycles. The van der Waals surface area contributed by atoms with Gasteiger partial charge in [0, 0.05) is 17.2 Å². The summed E-state index contributed by atoms with van der Waals surface area (Å²) in [6, 6.07) is 13.9. The van der Waals surface area contributed by atoms with Crippen LogP contribution in [0.5, 0.6) is 5.75 Å². The summed E-state index contributed by atoms with van der Waals surface area (Å²) in [6.45, 7) is 3.64. The fraction of sp³-hybridized carbons (Fsp3) is 0.200. The molecule has 25 heavy (non-hydrogen) atoms. The summed E-state index contributed by atoms with van der Waals surface area (Å²) in [4.78, 5) is 24.3. The van der Waals surface area contributed by atoms with Crippen LogP contribution in [0, 0.1) is 5.92 Å². The molecule has 0 saturated heterocycles. The Morgan fingerprint density at radius 2 is 1.80 bits per heavy atom. The highest BCUT2D eigenvalue weighted by Crippen LogP contribution is 2.29. The van der Waals surface area contributed by atoms with Crippen LogP contribution in [0.25, 0.3) is 11.0 Å². The molecule has 5 nitrogen and oxygen atoms in total. The first-order chi connectivity index (χ1) is 12.0. The number of ether oxygens (including phenoxy) is 1. The molecule has 3 rings (SSSR count). The van der Waals surface area contributed by atoms with Crippen LogP contribution in [0.15, 0.2) is 52.9 Å². The minimum atomic E-state index is -0.222. The Hall–Kier alpha value is -3.08. The summed E-state index contributed by atoms with van der Waals surface area (Å²) in [5, 5.41) is 3.55. The van der Waals surface area contributed by atoms with Crippen LogP contribution in [-0.4, -0.2) is 18.8 Å². The molecule has 1 amide bonds. The third-order valence-electron chi connectivity index (χ3n) is 3.90. The van der Waals surface area contributed by atoms with Gasteiger partial charge in [-0.2, -0.15) is 0 Å². The summed E-state index contributed by atoms with van der Waals surface area (Å²) < 4.78 is 10.9. The van der Waals surface area contributed by atoms with E-state index in [0.29, 0.717) is 22.6 Å². The monoisotopic (exact) mass is 337 g/mol. The van der Waals surface area contributed by atoms with E-state index in [9.17, 15) is 9.59 Å². The molecule has 2 aromatic carbocycles. The van der Waals surface area contributed by atoms with Gasteiger partial charge in [-0.1, -0.05) is 19.9 Å². The van der Waals surface area contributed by atoms with Crippen LogP contribution in [-0.2, 0) is 4.79 Å². The summed E-state index contributed by atoms with van der Waals surface area (Å²) in [6.07, 6.45) is 0. The van der Waals surface area contributed by atoms with Crippen molar-refractivity contribution in [3.8, 4) is 5.75 Å². The average Bonchev–Trinajstić information content (AvgIpc) is 3.05. The first-order valence-electron chi connectivity index (χ1n) is 8.01. The number of methoxy groups -OCH3 is 1. The van der Waals surface area contributed by atoms with Gasteiger partial charge in [0.2, 0.25) is 11.7 Å². The number of hydrogen-bond acceptors (Lipinski definition) is 4. The Balaban J connectivity index is 1.85. The first kappa shape index (κ1) is 16.8. The van der Waals surface area contributed by atoms with Crippen LogP contribution in [0.3, 0.4) is 0 Å². The zero-order valence-corrected chi connectivity index (χ0v) is 14.3. The van der Waals surface area contributed by atoms with E-state index in [4.69, 9.17) is 9.15 Å². The SMILES string of the molecule is COc1cccc2oc(C(=O)c3ccc(NC(=O)C(C)C)cc3)cc12. The quantitative estimate of drug-likeness (QED) is 0.706. The molecule has 0 atom stereocenters. The maximum Gasteiger partial charge on any atom is 0.228 e. The summed E-state index contributed by atoms with van der Waals surface area (Å²) in [5.74, 6) is 0.515. The number of benzene rings is 2. The Morgan fingerprint density at radius 3 is 2.44 bits per heavy atom. The third kappa shape index (κ3) is 3.40. The van der Waals surface area contributed by atoms with Gasteiger partial charge >= 0.3 is 0 Å². The van der Waals surface area contributed by atoms with Gasteiger partial charge in [-0.05, 0) is 42.5 Å². The van der Waals surface area contributed by atoms with Gasteiger partial charge in [0.25, 0.3) is 0 Å². The molecule has 1 aromatic heterocycles. The van der Waals surface area contributed by atoms with Gasteiger partial charge in [-0.15, -0.1) is 0 Å². The van der Waals surface area contributed by atoms with Crippen molar-refractivity contribution in [2.75, 3.05) is 12.4 Å². The van der Waals surface area contributed by atoms with Crippen molar-refractivity contribution in [2.24, 2.45) is 5.92 Å². The zero-order chi connectivity index (χ0) is 18.0. The fourth-order valence-corrected chi connectivity index (χ4v) is 2.46. The number of ketones is 1. The van der Waals surface area contributed by atoms with Crippen molar-refractivity contribution in [3.05, 3.63) is 59.9 Å². The largest absolute Gasteiger partial charge is 0.496 e. The maximum atomic E-state index is 12.6. The van der Waals surface area contributed by atoms with Crippen molar-refractivity contribution in [2.45, 2.75) is 13.8 Å². The summed E-state index contributed by atoms with van der Waals surface area (Å²) in [5.41, 5.74) is 1.74. The van der Waals surface area contributed by atoms with Crippen LogP contribution < -0.4 is 10.1 Å². The Kier molecular flexibility index (Phi) is 4.57. The molecule has 128 valence electrons. The van der Waals surface area contributed by atoms with E-state index in [1.807, 2.05) is 26.0 Å². The van der Waals surface area contributed by atoms with Crippen LogP contribution in [0.1, 0.15) is 30.0 Å². The van der Waals surface area contributed by atoms with E-state index in [2.05, 4.69) is 5.32 Å². The van der Waals surface area contributed by atoms with Crippen molar-refractivity contribution >= 4 is 28.3 Å². The highest BCUT2D eigenvalue weighted by molar-refractivity contribution is 6.09. The number of nitrogens with one attached hydrogen (secondary N) is 1. The third-order valence-corrected chi connectivity index (χ3v) is 3.90. The second-order valence-electron chi connectivity index (χ2n) is 6.03. The zero-order valence-electron chi connectivity index (χ0n) is 14.3. The van der Waals surface area contributed by atoms with Crippen LogP contribution >= 0.6 is 0 Å². The van der Waals surface area contributed by atoms with Gasteiger partial charge in [0.15, 0.2) is 5.76 Å². The number of amides is 1. The molecule has 3 aromatic rings. The highest BCUT2D eigenvalue weighted by Gasteiger charge is 2.16. The maximum absolute atomic E-state index is 12.6. The predicted octanol–water partition coefficient (Wildman–Crippen LogP) is 4.27. The van der Waals surface area contributed by atoms with Crippen LogP contribution in [0.2, 0.25) is 0 Å². The fourth-order valence-electron chi connectivity index (χ4n) is 2.46. The Bertz CT molecular complexity index is 923. The normalized spacial score (nSPS) is 10.9. The van der Waals surface area contributed by atoms with E-state index in [1.165, 1.54) is 0 Å². The number of fused-ring (bicyclic) bond motifs is 1. The summed E-state index contributed by atoms with van der Waals surface area (Å²) in [7, 11) is 1.58. The highest BCUT2D eigenvalue weighted by atomic mass is 16.5. The standard InChI is InChI=1S/C20H19NO4/c1-12(2)20(23)21-14-9-7-13(8-10-14)19(22)18-11-15-16(24-3)5-4-6-17(15)25-18/h4-12H,1-3H3,(H,21,23). The molecule has 0 unspecified atom stereocenters. The van der Waals surface area contributed by atoms with E-state index in [1.54, 1.807) is 43.5 Å². The van der Waals surface area contributed by atoms with E-state index < -0.39 is 0 Å². The van der Waals surface area contributed by atoms with E-state index in [-0.39, 0.29) is 23.4 Å². The topological polar surface area (TPSA) is 68.5 Å². The number of carbonyl (C=O) groups excluding carboxylic acids is 2. The van der Waals surface area contributed by atoms with Crippen molar-refractivity contribution in [3.63, 3.8) is 0 Å². The van der Waals surface area contributed by atoms with E-state index in [0.717, 1.165) is 5.39 Å². The predicted molar refractivity (Wildman–Crippen MR) is 96.1 cm³/mol. The van der Waals surface area contributed by atoms with Gasteiger partial charge < -0.3 is 14.5 Å². The Labute approximate surface area is 145 Å². The second kappa shape index (κ2) is 6.81. The second-order valence-corrected chi connectivity index (χ2v) is 6.03. The molecule has 1 N–H and O–H groups in total. The number of hydrogen-bond donors (Lipinski definition) is 1. The van der Waals surface area contributed by atoms with Crippen LogP contribution in [0.4, 0.5) is 5.69 Å². The number of furan rings is 1. The van der Waals surface area contributed by atoms with Crippen molar-refractivity contribution in [1.29, 1.82) is 0 Å². The number of rotatable bonds is 5. The molecule has 0 spiro atoms. The lowest BCUT2D eigenvalue weighted by atomic mass is 10.1. The molecule has 0 aliphatic rings. The molecule has 0 bridgehead atoms. The van der Waals surface area contributed by atoms with E-state index >= 15 is 0 Å². The van der Waals surface area contributed by atoms with Gasteiger partial charge in [-0.25, -0.2) is 0 Å². The van der Waals surface area contributed by atoms with Gasteiger partial charge in [-0.3, -0.25) is 9.59 Å². The molecule has 0 radical (unpaired) electrons. The average molecular weight is 337 g/mol. The summed E-state index contributed by atoms with van der Waals surface area (Å²) >= 11 is 0. The molecule has 5 heteroatoms. The molecule has 0 aliphatic heterocycles. The molecule has 0 fully saturated rings. The molecule has 0 aliphatic carbocycles.